The highest BCUT2D eigenvalue weighted by Gasteiger charge is 2.24. The number of nitrogens with one attached hydrogen (secondary N) is 1. The van der Waals surface area contributed by atoms with E-state index >= 15 is 0 Å². The first-order valence-corrected chi connectivity index (χ1v) is 5.56. The quantitative estimate of drug-likeness (QED) is 0.822. The third kappa shape index (κ3) is 2.81. The molecule has 0 fully saturated rings. The Hall–Kier alpha value is -1.56. The molecule has 1 aliphatic heterocycles. The molecule has 0 unspecified atom stereocenters. The van der Waals surface area contributed by atoms with Crippen molar-refractivity contribution in [2.75, 3.05) is 19.8 Å². The van der Waals surface area contributed by atoms with Crippen LogP contribution in [0.4, 0.5) is 13.2 Å². The zero-order valence-electron chi connectivity index (χ0n) is 9.63. The van der Waals surface area contributed by atoms with Crippen LogP contribution in [0.2, 0.25) is 0 Å². The Morgan fingerprint density at radius 1 is 1.39 bits per heavy atom. The summed E-state index contributed by atoms with van der Waals surface area (Å²) in [7, 11) is 0. The second-order valence-electron chi connectivity index (χ2n) is 4.04. The van der Waals surface area contributed by atoms with Crippen LogP contribution in [0.25, 0.3) is 0 Å². The van der Waals surface area contributed by atoms with Gasteiger partial charge in [0.15, 0.2) is 0 Å². The minimum absolute atomic E-state index is 0.128. The molecule has 1 aromatic rings. The maximum Gasteiger partial charge on any atom is 0.261 e. The molecule has 0 saturated heterocycles. The molecule has 1 N–H and O–H groups in total. The summed E-state index contributed by atoms with van der Waals surface area (Å²) in [6.45, 7) is 0.375. The van der Waals surface area contributed by atoms with Gasteiger partial charge in [-0.15, -0.1) is 0 Å². The van der Waals surface area contributed by atoms with E-state index in [4.69, 9.17) is 10.1 Å². The molecule has 2 rings (SSSR count). The predicted octanol–water partition coefficient (Wildman–Crippen LogP) is 2.25. The van der Waals surface area contributed by atoms with Crippen LogP contribution in [0, 0.1) is 11.2 Å². The van der Waals surface area contributed by atoms with Gasteiger partial charge in [0.2, 0.25) is 0 Å². The third-order valence-corrected chi connectivity index (χ3v) is 2.75. The number of halogens is 3. The normalized spacial score (nSPS) is 14.4. The summed E-state index contributed by atoms with van der Waals surface area (Å²) in [6, 6.07) is 4.31. The lowest BCUT2D eigenvalue weighted by Crippen LogP contribution is -2.28. The molecule has 0 spiro atoms. The minimum Gasteiger partial charge on any atom is -0.374 e. The lowest BCUT2D eigenvalue weighted by atomic mass is 10.1. The van der Waals surface area contributed by atoms with Crippen LogP contribution in [-0.2, 0) is 11.3 Å². The maximum atomic E-state index is 13.0. The van der Waals surface area contributed by atoms with E-state index in [9.17, 15) is 13.2 Å². The minimum atomic E-state index is -2.48. The van der Waals surface area contributed by atoms with E-state index < -0.39 is 13.0 Å². The van der Waals surface area contributed by atoms with E-state index in [1.54, 1.807) is 11.0 Å². The van der Waals surface area contributed by atoms with Gasteiger partial charge in [0.05, 0.1) is 6.61 Å². The fourth-order valence-corrected chi connectivity index (χ4v) is 1.90. The second kappa shape index (κ2) is 5.39. The summed E-state index contributed by atoms with van der Waals surface area (Å²) in [5.74, 6) is -0.167. The maximum absolute atomic E-state index is 13.0. The molecule has 1 heterocycles. The number of alkyl halides is 2. The number of benzene rings is 1. The fourth-order valence-electron chi connectivity index (χ4n) is 1.90. The van der Waals surface area contributed by atoms with Gasteiger partial charge in [0.1, 0.15) is 18.3 Å². The van der Waals surface area contributed by atoms with E-state index in [0.717, 1.165) is 5.56 Å². The van der Waals surface area contributed by atoms with Gasteiger partial charge in [-0.25, -0.2) is 13.2 Å². The van der Waals surface area contributed by atoms with Gasteiger partial charge in [-0.1, -0.05) is 6.07 Å². The van der Waals surface area contributed by atoms with Crippen LogP contribution in [0.3, 0.4) is 0 Å². The largest absolute Gasteiger partial charge is 0.374 e. The average molecular weight is 258 g/mol. The lowest BCUT2D eigenvalue weighted by molar-refractivity contribution is 0.0140. The van der Waals surface area contributed by atoms with Gasteiger partial charge < -0.3 is 9.64 Å². The Balaban J connectivity index is 1.89. The molecule has 0 saturated carbocycles. The van der Waals surface area contributed by atoms with Crippen molar-refractivity contribution in [3.63, 3.8) is 0 Å². The van der Waals surface area contributed by atoms with Crippen molar-refractivity contribution in [3.05, 3.63) is 35.1 Å². The molecule has 0 atom stereocenters. The van der Waals surface area contributed by atoms with E-state index in [-0.39, 0.29) is 18.3 Å². The van der Waals surface area contributed by atoms with Gasteiger partial charge >= 0.3 is 0 Å². The predicted molar refractivity (Wildman–Crippen MR) is 60.5 cm³/mol. The number of fused-ring (bicyclic) bond motifs is 1. The SMILES string of the molecule is N=C1c2cc(F)ccc2CN1CCOCC(F)F. The molecule has 0 aliphatic carbocycles. The summed E-state index contributed by atoms with van der Waals surface area (Å²) in [6.07, 6.45) is -2.48. The van der Waals surface area contributed by atoms with Gasteiger partial charge in [0, 0.05) is 18.7 Å². The highest BCUT2D eigenvalue weighted by molar-refractivity contribution is 6.00. The number of amidine groups is 1. The molecule has 0 amide bonds. The highest BCUT2D eigenvalue weighted by Crippen LogP contribution is 2.23. The monoisotopic (exact) mass is 258 g/mol. The van der Waals surface area contributed by atoms with Crippen molar-refractivity contribution in [3.8, 4) is 0 Å². The molecule has 0 bridgehead atoms. The molecule has 0 radical (unpaired) electrons. The highest BCUT2D eigenvalue weighted by atomic mass is 19.3. The second-order valence-corrected chi connectivity index (χ2v) is 4.04. The summed E-state index contributed by atoms with van der Waals surface area (Å²) in [5, 5.41) is 7.86. The van der Waals surface area contributed by atoms with Crippen LogP contribution in [0.15, 0.2) is 18.2 Å². The Kier molecular flexibility index (Phi) is 3.86. The third-order valence-electron chi connectivity index (χ3n) is 2.75. The van der Waals surface area contributed by atoms with Gasteiger partial charge in [0.25, 0.3) is 6.43 Å². The lowest BCUT2D eigenvalue weighted by Gasteiger charge is -2.17. The molecular weight excluding hydrogens is 245 g/mol. The van der Waals surface area contributed by atoms with E-state index in [1.807, 2.05) is 0 Å². The van der Waals surface area contributed by atoms with Crippen LogP contribution in [0.1, 0.15) is 11.1 Å². The van der Waals surface area contributed by atoms with Crippen LogP contribution < -0.4 is 0 Å². The van der Waals surface area contributed by atoms with Crippen molar-refractivity contribution >= 4 is 5.84 Å². The van der Waals surface area contributed by atoms with E-state index in [2.05, 4.69) is 0 Å². The first-order chi connectivity index (χ1) is 8.58. The standard InChI is InChI=1S/C12H13F3N2O/c13-9-2-1-8-6-17(12(16)10(8)5-9)3-4-18-7-11(14)15/h1-2,5,11,16H,3-4,6-7H2. The Morgan fingerprint density at radius 3 is 2.89 bits per heavy atom. The molecule has 6 heteroatoms. The first kappa shape index (κ1) is 12.9. The van der Waals surface area contributed by atoms with Crippen molar-refractivity contribution in [1.29, 1.82) is 5.41 Å². The van der Waals surface area contributed by atoms with Crippen LogP contribution in [-0.4, -0.2) is 36.9 Å². The molecule has 3 nitrogen and oxygen atoms in total. The number of hydrogen-bond acceptors (Lipinski definition) is 2. The van der Waals surface area contributed by atoms with Crippen LogP contribution in [0.5, 0.6) is 0 Å². The van der Waals surface area contributed by atoms with Gasteiger partial charge in [-0.3, -0.25) is 5.41 Å². The number of rotatable bonds is 5. The summed E-state index contributed by atoms with van der Waals surface area (Å²) >= 11 is 0. The summed E-state index contributed by atoms with van der Waals surface area (Å²) < 4.78 is 41.5. The zero-order chi connectivity index (χ0) is 13.1. The zero-order valence-corrected chi connectivity index (χ0v) is 9.63. The first-order valence-electron chi connectivity index (χ1n) is 5.56. The number of hydrogen-bond donors (Lipinski definition) is 1. The fraction of sp³-hybridized carbons (Fsp3) is 0.417. The Labute approximate surface area is 103 Å². The average Bonchev–Trinajstić information content (AvgIpc) is 2.62. The van der Waals surface area contributed by atoms with Crippen molar-refractivity contribution < 1.29 is 17.9 Å². The van der Waals surface area contributed by atoms with Crippen LogP contribution >= 0.6 is 0 Å². The molecule has 1 aliphatic rings. The number of ether oxygens (including phenoxy) is 1. The Bertz CT molecular complexity index is 451. The van der Waals surface area contributed by atoms with Crippen molar-refractivity contribution in [2.45, 2.75) is 13.0 Å². The van der Waals surface area contributed by atoms with Gasteiger partial charge in [-0.05, 0) is 17.7 Å². The molecule has 0 aromatic heterocycles. The smallest absolute Gasteiger partial charge is 0.261 e. The molecule has 1 aromatic carbocycles. The molecule has 18 heavy (non-hydrogen) atoms. The van der Waals surface area contributed by atoms with Crippen molar-refractivity contribution in [2.24, 2.45) is 0 Å². The van der Waals surface area contributed by atoms with E-state index in [0.29, 0.717) is 18.7 Å². The Morgan fingerprint density at radius 2 is 2.17 bits per heavy atom. The van der Waals surface area contributed by atoms with Crippen molar-refractivity contribution in [1.82, 2.24) is 4.90 Å². The summed E-state index contributed by atoms with van der Waals surface area (Å²) in [4.78, 5) is 1.68. The molecular formula is C12H13F3N2O. The van der Waals surface area contributed by atoms with Gasteiger partial charge in [-0.2, -0.15) is 0 Å². The van der Waals surface area contributed by atoms with E-state index in [1.165, 1.54) is 12.1 Å². The topological polar surface area (TPSA) is 36.3 Å². The molecule has 98 valence electrons. The number of nitrogens with zero attached hydrogens (tertiary/aromatic N) is 1. The summed E-state index contributed by atoms with van der Waals surface area (Å²) in [5.41, 5.74) is 1.43.